The summed E-state index contributed by atoms with van der Waals surface area (Å²) in [5, 5.41) is 9.15. The fraction of sp³-hybridized carbons (Fsp3) is 0.556. The van der Waals surface area contributed by atoms with E-state index in [0.717, 1.165) is 24.9 Å². The minimum atomic E-state index is -0.722. The second kappa shape index (κ2) is 8.11. The smallest absolute Gasteiger partial charge is 0.338 e. The van der Waals surface area contributed by atoms with Crippen LogP contribution in [-0.2, 0) is 16.1 Å². The van der Waals surface area contributed by atoms with Gasteiger partial charge in [0.05, 0.1) is 18.1 Å². The molecule has 0 amide bonds. The van der Waals surface area contributed by atoms with Gasteiger partial charge in [-0.25, -0.2) is 4.79 Å². The largest absolute Gasteiger partial charge is 0.481 e. The number of carboxylic acid groups (broad SMARTS) is 1. The van der Waals surface area contributed by atoms with Crippen LogP contribution in [0, 0.1) is 11.8 Å². The van der Waals surface area contributed by atoms with Crippen LogP contribution in [0.2, 0.25) is 0 Å². The molecule has 1 aromatic rings. The molecule has 1 heterocycles. The zero-order valence-electron chi connectivity index (χ0n) is 13.8. The summed E-state index contributed by atoms with van der Waals surface area (Å²) >= 11 is 0. The molecule has 2 rings (SSSR count). The van der Waals surface area contributed by atoms with Crippen molar-refractivity contribution in [2.45, 2.75) is 33.2 Å². The predicted octanol–water partition coefficient (Wildman–Crippen LogP) is 2.80. The number of hydrogen-bond donors (Lipinski definition) is 1. The van der Waals surface area contributed by atoms with Crippen LogP contribution in [0.1, 0.15) is 42.6 Å². The highest BCUT2D eigenvalue weighted by Gasteiger charge is 2.25. The molecule has 0 aliphatic carbocycles. The van der Waals surface area contributed by atoms with E-state index in [1.807, 2.05) is 32.0 Å². The molecule has 1 aliphatic heterocycles. The molecule has 23 heavy (non-hydrogen) atoms. The minimum Gasteiger partial charge on any atom is -0.481 e. The number of carbonyl (C=O) groups is 2. The van der Waals surface area contributed by atoms with Gasteiger partial charge in [0.2, 0.25) is 0 Å². The average molecular weight is 319 g/mol. The SMILES string of the molecule is CC(C)COC(=O)c1cccc(CN2CCCC(C(=O)O)C2)c1. The van der Waals surface area contributed by atoms with E-state index in [4.69, 9.17) is 9.84 Å². The van der Waals surface area contributed by atoms with E-state index in [0.29, 0.717) is 31.2 Å². The third-order valence-corrected chi connectivity index (χ3v) is 3.97. The van der Waals surface area contributed by atoms with Crippen LogP contribution < -0.4 is 0 Å². The third kappa shape index (κ3) is 5.36. The zero-order chi connectivity index (χ0) is 16.8. The molecule has 0 radical (unpaired) electrons. The number of benzene rings is 1. The standard InChI is InChI=1S/C18H25NO4/c1-13(2)12-23-18(22)15-6-3-5-14(9-15)10-19-8-4-7-16(11-19)17(20)21/h3,5-6,9,13,16H,4,7-8,10-12H2,1-2H3,(H,20,21). The lowest BCUT2D eigenvalue weighted by Gasteiger charge is -2.30. The summed E-state index contributed by atoms with van der Waals surface area (Å²) in [6, 6.07) is 7.40. The molecule has 0 spiro atoms. The number of likely N-dealkylation sites (tertiary alicyclic amines) is 1. The van der Waals surface area contributed by atoms with E-state index < -0.39 is 5.97 Å². The van der Waals surface area contributed by atoms with Crippen molar-refractivity contribution in [2.24, 2.45) is 11.8 Å². The van der Waals surface area contributed by atoms with E-state index in [-0.39, 0.29) is 11.9 Å². The van der Waals surface area contributed by atoms with Crippen molar-refractivity contribution in [1.82, 2.24) is 4.90 Å². The molecular formula is C18H25NO4. The van der Waals surface area contributed by atoms with E-state index >= 15 is 0 Å². The maximum absolute atomic E-state index is 12.0. The molecule has 0 bridgehead atoms. The summed E-state index contributed by atoms with van der Waals surface area (Å²) in [5.41, 5.74) is 1.56. The summed E-state index contributed by atoms with van der Waals surface area (Å²) in [6.07, 6.45) is 1.64. The van der Waals surface area contributed by atoms with Gasteiger partial charge in [0.15, 0.2) is 0 Å². The van der Waals surface area contributed by atoms with Crippen LogP contribution in [0.15, 0.2) is 24.3 Å². The van der Waals surface area contributed by atoms with Crippen molar-refractivity contribution in [2.75, 3.05) is 19.7 Å². The number of esters is 1. The maximum atomic E-state index is 12.0. The Bertz CT molecular complexity index is 556. The number of ether oxygens (including phenoxy) is 1. The highest BCUT2D eigenvalue weighted by Crippen LogP contribution is 2.19. The van der Waals surface area contributed by atoms with Crippen LogP contribution in [0.3, 0.4) is 0 Å². The Morgan fingerprint density at radius 2 is 2.17 bits per heavy atom. The zero-order valence-corrected chi connectivity index (χ0v) is 13.8. The molecular weight excluding hydrogens is 294 g/mol. The number of aliphatic carboxylic acids is 1. The van der Waals surface area contributed by atoms with Gasteiger partial charge in [-0.2, -0.15) is 0 Å². The summed E-state index contributed by atoms with van der Waals surface area (Å²) in [4.78, 5) is 25.3. The number of carboxylic acids is 1. The maximum Gasteiger partial charge on any atom is 0.338 e. The van der Waals surface area contributed by atoms with Crippen LogP contribution in [0.4, 0.5) is 0 Å². The van der Waals surface area contributed by atoms with Crippen molar-refractivity contribution < 1.29 is 19.4 Å². The lowest BCUT2D eigenvalue weighted by atomic mass is 9.97. The van der Waals surface area contributed by atoms with Gasteiger partial charge in [-0.15, -0.1) is 0 Å². The highest BCUT2D eigenvalue weighted by molar-refractivity contribution is 5.89. The second-order valence-electron chi connectivity index (χ2n) is 6.61. The van der Waals surface area contributed by atoms with Gasteiger partial charge >= 0.3 is 11.9 Å². The van der Waals surface area contributed by atoms with Crippen LogP contribution in [-0.4, -0.2) is 41.6 Å². The normalized spacial score (nSPS) is 18.8. The fourth-order valence-electron chi connectivity index (χ4n) is 2.78. The lowest BCUT2D eigenvalue weighted by Crippen LogP contribution is -2.38. The molecule has 1 aromatic carbocycles. The lowest BCUT2D eigenvalue weighted by molar-refractivity contribution is -0.143. The Morgan fingerprint density at radius 1 is 1.39 bits per heavy atom. The van der Waals surface area contributed by atoms with Gasteiger partial charge in [-0.05, 0) is 43.0 Å². The van der Waals surface area contributed by atoms with E-state index in [1.54, 1.807) is 6.07 Å². The Hall–Kier alpha value is -1.88. The number of rotatable bonds is 6. The summed E-state index contributed by atoms with van der Waals surface area (Å²) < 4.78 is 5.25. The first-order valence-corrected chi connectivity index (χ1v) is 8.17. The molecule has 1 fully saturated rings. The molecule has 5 nitrogen and oxygen atoms in total. The first-order valence-electron chi connectivity index (χ1n) is 8.17. The molecule has 1 saturated heterocycles. The Labute approximate surface area is 137 Å². The molecule has 1 atom stereocenters. The first-order chi connectivity index (χ1) is 11.0. The quantitative estimate of drug-likeness (QED) is 0.817. The Kier molecular flexibility index (Phi) is 6.16. The summed E-state index contributed by atoms with van der Waals surface area (Å²) in [5.74, 6) is -1.00. The Balaban J connectivity index is 1.97. The van der Waals surface area contributed by atoms with Gasteiger partial charge in [0.25, 0.3) is 0 Å². The first kappa shape index (κ1) is 17.5. The van der Waals surface area contributed by atoms with Crippen LogP contribution >= 0.6 is 0 Å². The molecule has 5 heteroatoms. The molecule has 1 aliphatic rings. The van der Waals surface area contributed by atoms with E-state index in [9.17, 15) is 9.59 Å². The molecule has 1 unspecified atom stereocenters. The molecule has 126 valence electrons. The van der Waals surface area contributed by atoms with Crippen LogP contribution in [0.5, 0.6) is 0 Å². The van der Waals surface area contributed by atoms with Crippen molar-refractivity contribution >= 4 is 11.9 Å². The number of piperidine rings is 1. The monoisotopic (exact) mass is 319 g/mol. The highest BCUT2D eigenvalue weighted by atomic mass is 16.5. The van der Waals surface area contributed by atoms with E-state index in [1.165, 1.54) is 0 Å². The van der Waals surface area contributed by atoms with Crippen molar-refractivity contribution in [1.29, 1.82) is 0 Å². The van der Waals surface area contributed by atoms with Gasteiger partial charge in [-0.1, -0.05) is 26.0 Å². The van der Waals surface area contributed by atoms with Gasteiger partial charge in [0.1, 0.15) is 0 Å². The number of hydrogen-bond acceptors (Lipinski definition) is 4. The molecule has 1 N–H and O–H groups in total. The van der Waals surface area contributed by atoms with Gasteiger partial charge in [-0.3, -0.25) is 9.69 Å². The minimum absolute atomic E-state index is 0.289. The van der Waals surface area contributed by atoms with Crippen molar-refractivity contribution in [3.8, 4) is 0 Å². The van der Waals surface area contributed by atoms with Crippen LogP contribution in [0.25, 0.3) is 0 Å². The average Bonchev–Trinajstić information content (AvgIpc) is 2.53. The number of carbonyl (C=O) groups excluding carboxylic acids is 1. The number of nitrogens with zero attached hydrogens (tertiary/aromatic N) is 1. The van der Waals surface area contributed by atoms with Crippen molar-refractivity contribution in [3.63, 3.8) is 0 Å². The predicted molar refractivity (Wildman–Crippen MR) is 87.2 cm³/mol. The topological polar surface area (TPSA) is 66.8 Å². The summed E-state index contributed by atoms with van der Waals surface area (Å²) in [7, 11) is 0. The van der Waals surface area contributed by atoms with E-state index in [2.05, 4.69) is 4.90 Å². The Morgan fingerprint density at radius 3 is 2.87 bits per heavy atom. The molecule has 0 aromatic heterocycles. The fourth-order valence-corrected chi connectivity index (χ4v) is 2.78. The summed E-state index contributed by atoms with van der Waals surface area (Å²) in [6.45, 7) is 6.53. The third-order valence-electron chi connectivity index (χ3n) is 3.97. The van der Waals surface area contributed by atoms with Crippen molar-refractivity contribution in [3.05, 3.63) is 35.4 Å². The second-order valence-corrected chi connectivity index (χ2v) is 6.61. The van der Waals surface area contributed by atoms with Gasteiger partial charge < -0.3 is 9.84 Å². The molecule has 0 saturated carbocycles. The van der Waals surface area contributed by atoms with Gasteiger partial charge in [0, 0.05) is 13.1 Å².